The van der Waals surface area contributed by atoms with E-state index in [9.17, 15) is 19.2 Å². The van der Waals surface area contributed by atoms with Crippen molar-refractivity contribution >= 4 is 51.1 Å². The fraction of sp³-hybridized carbons (Fsp3) is 0.382. The first-order chi connectivity index (χ1) is 21.3. The molecule has 1 aliphatic carbocycles. The molecular formula is C34H33N5O5. The van der Waals surface area contributed by atoms with Crippen LogP contribution in [0.5, 0.6) is 11.5 Å². The molecule has 1 N–H and O–H groups in total. The second-order valence-electron chi connectivity index (χ2n) is 12.8. The summed E-state index contributed by atoms with van der Waals surface area (Å²) < 4.78 is 8.80. The summed E-state index contributed by atoms with van der Waals surface area (Å²) in [5.74, 6) is 0.530. The van der Waals surface area contributed by atoms with Crippen LogP contribution in [0.25, 0.3) is 21.8 Å². The summed E-state index contributed by atoms with van der Waals surface area (Å²) >= 11 is 0. The molecule has 3 fully saturated rings. The summed E-state index contributed by atoms with van der Waals surface area (Å²) in [7, 11) is 0. The Bertz CT molecular complexity index is 1880. The second-order valence-corrected chi connectivity index (χ2v) is 12.8. The van der Waals surface area contributed by atoms with Gasteiger partial charge in [0.15, 0.2) is 5.75 Å². The number of nitrogens with one attached hydrogen (secondary N) is 1. The van der Waals surface area contributed by atoms with Gasteiger partial charge in [-0.3, -0.25) is 29.4 Å². The van der Waals surface area contributed by atoms with E-state index in [1.54, 1.807) is 12.3 Å². The number of rotatable bonds is 5. The number of imide groups is 1. The van der Waals surface area contributed by atoms with E-state index in [2.05, 4.69) is 16.8 Å². The Kier molecular flexibility index (Phi) is 6.05. The van der Waals surface area contributed by atoms with E-state index < -0.39 is 11.9 Å². The molecule has 44 heavy (non-hydrogen) atoms. The fourth-order valence-electron chi connectivity index (χ4n) is 7.49. The van der Waals surface area contributed by atoms with Gasteiger partial charge in [-0.05, 0) is 62.4 Å². The Hall–Kier alpha value is -4.73. The molecule has 8 rings (SSSR count). The van der Waals surface area contributed by atoms with Gasteiger partial charge in [0.25, 0.3) is 5.91 Å². The van der Waals surface area contributed by atoms with E-state index in [1.165, 1.54) is 4.90 Å². The molecule has 4 amide bonds. The lowest BCUT2D eigenvalue weighted by Crippen LogP contribution is -2.53. The van der Waals surface area contributed by atoms with Crippen molar-refractivity contribution in [2.75, 3.05) is 18.0 Å². The van der Waals surface area contributed by atoms with Crippen molar-refractivity contribution < 1.29 is 23.9 Å². The maximum atomic E-state index is 13.6. The zero-order valence-electron chi connectivity index (χ0n) is 24.5. The molecular weight excluding hydrogens is 558 g/mol. The molecule has 0 spiro atoms. The van der Waals surface area contributed by atoms with Crippen molar-refractivity contribution in [1.82, 2.24) is 19.8 Å². The highest BCUT2D eigenvalue weighted by molar-refractivity contribution is 6.27. The van der Waals surface area contributed by atoms with Crippen molar-refractivity contribution in [3.05, 3.63) is 60.4 Å². The number of carbonyl (C=O) groups excluding carboxylic acids is 4. The van der Waals surface area contributed by atoms with Gasteiger partial charge in [-0.25, -0.2) is 4.98 Å². The number of benzene rings is 2. The van der Waals surface area contributed by atoms with Crippen molar-refractivity contribution in [3.8, 4) is 11.5 Å². The summed E-state index contributed by atoms with van der Waals surface area (Å²) in [6, 6.07) is 12.5. The van der Waals surface area contributed by atoms with Crippen LogP contribution in [0.4, 0.5) is 5.69 Å². The predicted molar refractivity (Wildman–Crippen MR) is 164 cm³/mol. The van der Waals surface area contributed by atoms with Crippen LogP contribution in [0.15, 0.2) is 54.9 Å². The maximum Gasteiger partial charge on any atom is 0.259 e. The van der Waals surface area contributed by atoms with Crippen molar-refractivity contribution in [1.29, 1.82) is 0 Å². The summed E-state index contributed by atoms with van der Waals surface area (Å²) in [6.07, 6.45) is 9.07. The van der Waals surface area contributed by atoms with Gasteiger partial charge < -0.3 is 14.2 Å². The highest BCUT2D eigenvalue weighted by Gasteiger charge is 2.43. The zero-order chi connectivity index (χ0) is 30.2. The molecule has 224 valence electrons. The molecule has 2 saturated heterocycles. The number of aromatic nitrogens is 2. The van der Waals surface area contributed by atoms with Gasteiger partial charge in [-0.2, -0.15) is 0 Å². The Morgan fingerprint density at radius 1 is 0.977 bits per heavy atom. The van der Waals surface area contributed by atoms with Crippen LogP contribution in [0.2, 0.25) is 0 Å². The Morgan fingerprint density at radius 3 is 2.52 bits per heavy atom. The minimum absolute atomic E-state index is 0.182. The van der Waals surface area contributed by atoms with E-state index in [1.807, 2.05) is 47.5 Å². The minimum atomic E-state index is -0.745. The molecule has 4 aliphatic rings. The first-order valence-electron chi connectivity index (χ1n) is 15.5. The standard InChI is InChI=1S/C34H33N5O5/c1-34(14-4-15-34)33(43)37-17-12-20(13-18-37)38-19-27(22-7-3-16-35-30(22)38)44-26-10-8-24-29-21(26)5-2-6-23(29)32(42)39(24)25-9-11-28(40)36-31(25)41/h2-3,5-8,10,16,19-20,25H,4,9,11-15,17-18H2,1H3,(H,36,40,41). The average Bonchev–Trinajstić information content (AvgIpc) is 3.53. The first-order valence-corrected chi connectivity index (χ1v) is 15.5. The SMILES string of the molecule is CC1(C(=O)N2CCC(n3cc(Oc4ccc5c6c(cccc46)C(=O)N5C4CCC(=O)NC4=O)c4cccnc43)CC2)CCC1. The molecule has 1 saturated carbocycles. The number of anilines is 1. The normalized spacial score (nSPS) is 21.6. The van der Waals surface area contributed by atoms with Crippen LogP contribution in [-0.2, 0) is 14.4 Å². The molecule has 2 aromatic carbocycles. The third-order valence-electron chi connectivity index (χ3n) is 10.1. The monoisotopic (exact) mass is 591 g/mol. The third kappa shape index (κ3) is 4.03. The van der Waals surface area contributed by atoms with Gasteiger partial charge in [0.2, 0.25) is 17.7 Å². The number of nitrogens with zero attached hydrogens (tertiary/aromatic N) is 4. The highest BCUT2D eigenvalue weighted by Crippen LogP contribution is 2.46. The first kappa shape index (κ1) is 26.9. The number of hydrogen-bond donors (Lipinski definition) is 1. The van der Waals surface area contributed by atoms with E-state index in [-0.39, 0.29) is 36.1 Å². The number of hydrogen-bond acceptors (Lipinski definition) is 6. The van der Waals surface area contributed by atoms with Crippen molar-refractivity contribution in [2.24, 2.45) is 5.41 Å². The van der Waals surface area contributed by atoms with Crippen LogP contribution in [0.3, 0.4) is 0 Å². The molecule has 0 bridgehead atoms. The summed E-state index contributed by atoms with van der Waals surface area (Å²) in [5.41, 5.74) is 1.81. The van der Waals surface area contributed by atoms with E-state index >= 15 is 0 Å². The third-order valence-corrected chi connectivity index (χ3v) is 10.1. The summed E-state index contributed by atoms with van der Waals surface area (Å²) in [5, 5.41) is 4.76. The van der Waals surface area contributed by atoms with Gasteiger partial charge in [0.05, 0.1) is 11.1 Å². The minimum Gasteiger partial charge on any atom is -0.454 e. The molecule has 10 heteroatoms. The fourth-order valence-corrected chi connectivity index (χ4v) is 7.49. The summed E-state index contributed by atoms with van der Waals surface area (Å²) in [4.78, 5) is 59.4. The number of ether oxygens (including phenoxy) is 1. The molecule has 3 aliphatic heterocycles. The topological polar surface area (TPSA) is 114 Å². The van der Waals surface area contributed by atoms with Crippen LogP contribution in [-0.4, -0.2) is 57.2 Å². The van der Waals surface area contributed by atoms with E-state index in [4.69, 9.17) is 9.72 Å². The van der Waals surface area contributed by atoms with Gasteiger partial charge in [-0.1, -0.05) is 25.5 Å². The lowest BCUT2D eigenvalue weighted by Gasteiger charge is -2.43. The van der Waals surface area contributed by atoms with E-state index in [0.717, 1.165) is 67.0 Å². The lowest BCUT2D eigenvalue weighted by atomic mass is 9.69. The van der Waals surface area contributed by atoms with Crippen LogP contribution in [0.1, 0.15) is 68.3 Å². The maximum absolute atomic E-state index is 13.6. The Balaban J connectivity index is 1.10. The van der Waals surface area contributed by atoms with E-state index in [0.29, 0.717) is 28.7 Å². The largest absolute Gasteiger partial charge is 0.454 e. The van der Waals surface area contributed by atoms with Crippen LogP contribution >= 0.6 is 0 Å². The molecule has 4 aromatic rings. The van der Waals surface area contributed by atoms with Crippen molar-refractivity contribution in [3.63, 3.8) is 0 Å². The number of carbonyl (C=O) groups is 4. The van der Waals surface area contributed by atoms with Crippen molar-refractivity contribution in [2.45, 2.75) is 64.0 Å². The van der Waals surface area contributed by atoms with Gasteiger partial charge in [-0.15, -0.1) is 0 Å². The number of piperidine rings is 2. The number of likely N-dealkylation sites (tertiary alicyclic amines) is 1. The number of fused-ring (bicyclic) bond motifs is 1. The average molecular weight is 592 g/mol. The molecule has 1 atom stereocenters. The predicted octanol–water partition coefficient (Wildman–Crippen LogP) is 5.10. The molecule has 5 heterocycles. The summed E-state index contributed by atoms with van der Waals surface area (Å²) in [6.45, 7) is 3.56. The molecule has 1 unspecified atom stereocenters. The molecule has 0 radical (unpaired) electrons. The molecule has 10 nitrogen and oxygen atoms in total. The van der Waals surface area contributed by atoms with Crippen LogP contribution in [0, 0.1) is 5.41 Å². The second kappa shape index (κ2) is 9.90. The van der Waals surface area contributed by atoms with Gasteiger partial charge >= 0.3 is 0 Å². The van der Waals surface area contributed by atoms with Gasteiger partial charge in [0, 0.05) is 59.7 Å². The van der Waals surface area contributed by atoms with Crippen LogP contribution < -0.4 is 15.0 Å². The number of amides is 4. The molecule has 2 aromatic heterocycles. The quantitative estimate of drug-likeness (QED) is 0.323. The Labute approximate surface area is 254 Å². The van der Waals surface area contributed by atoms with Gasteiger partial charge in [0.1, 0.15) is 17.4 Å². The lowest BCUT2D eigenvalue weighted by molar-refractivity contribution is -0.147. The number of pyridine rings is 1. The Morgan fingerprint density at radius 2 is 1.77 bits per heavy atom. The highest BCUT2D eigenvalue weighted by atomic mass is 16.5. The smallest absolute Gasteiger partial charge is 0.259 e. The zero-order valence-corrected chi connectivity index (χ0v) is 24.5.